The van der Waals surface area contributed by atoms with Gasteiger partial charge in [-0.2, -0.15) is 0 Å². The Labute approximate surface area is 125 Å². The average Bonchev–Trinajstić information content (AvgIpc) is 2.49. The molecule has 0 spiro atoms. The van der Waals surface area contributed by atoms with Gasteiger partial charge in [-0.3, -0.25) is 0 Å². The Morgan fingerprint density at radius 1 is 1.00 bits per heavy atom. The van der Waals surface area contributed by atoms with E-state index >= 15 is 0 Å². The van der Waals surface area contributed by atoms with Crippen molar-refractivity contribution in [3.05, 3.63) is 60.2 Å². The molecule has 20 heavy (non-hydrogen) atoms. The summed E-state index contributed by atoms with van der Waals surface area (Å²) in [6, 6.07) is 18.7. The lowest BCUT2D eigenvalue weighted by Gasteiger charge is -2.19. The molecule has 0 saturated heterocycles. The van der Waals surface area contributed by atoms with Gasteiger partial charge in [0.15, 0.2) is 5.75 Å². The molecule has 0 aliphatic rings. The SMILES string of the molecule is CSc1ccccc1ON(C)CCCc1ccccc1. The van der Waals surface area contributed by atoms with Gasteiger partial charge < -0.3 is 4.84 Å². The number of hydroxylamine groups is 2. The fraction of sp³-hybridized carbons (Fsp3) is 0.294. The van der Waals surface area contributed by atoms with Crippen molar-refractivity contribution >= 4 is 11.8 Å². The molecule has 0 aromatic heterocycles. The quantitative estimate of drug-likeness (QED) is 0.557. The highest BCUT2D eigenvalue weighted by molar-refractivity contribution is 7.98. The first-order chi connectivity index (χ1) is 9.79. The van der Waals surface area contributed by atoms with E-state index in [1.807, 2.05) is 30.3 Å². The maximum atomic E-state index is 5.89. The zero-order chi connectivity index (χ0) is 14.2. The van der Waals surface area contributed by atoms with Crippen LogP contribution in [0, 0.1) is 0 Å². The summed E-state index contributed by atoms with van der Waals surface area (Å²) in [6.45, 7) is 0.914. The van der Waals surface area contributed by atoms with Crippen molar-refractivity contribution in [3.63, 3.8) is 0 Å². The normalized spacial score (nSPS) is 10.8. The smallest absolute Gasteiger partial charge is 0.160 e. The van der Waals surface area contributed by atoms with Crippen LogP contribution in [0.15, 0.2) is 59.5 Å². The molecule has 0 amide bonds. The third-order valence-electron chi connectivity index (χ3n) is 3.10. The lowest BCUT2D eigenvalue weighted by molar-refractivity contribution is -0.0349. The van der Waals surface area contributed by atoms with Gasteiger partial charge in [-0.1, -0.05) is 42.5 Å². The number of aryl methyl sites for hydroxylation is 1. The molecule has 0 saturated carbocycles. The van der Waals surface area contributed by atoms with Crippen molar-refractivity contribution in [1.29, 1.82) is 0 Å². The number of rotatable bonds is 7. The van der Waals surface area contributed by atoms with E-state index in [9.17, 15) is 0 Å². The second-order valence-corrected chi connectivity index (χ2v) is 5.53. The van der Waals surface area contributed by atoms with Crippen LogP contribution >= 0.6 is 11.8 Å². The van der Waals surface area contributed by atoms with Crippen molar-refractivity contribution in [3.8, 4) is 5.75 Å². The molecular weight excluding hydrogens is 266 g/mol. The standard InChI is InChI=1S/C17H21NOS/c1-18(14-8-11-15-9-4-3-5-10-15)19-16-12-6-7-13-17(16)20-2/h3-7,9-10,12-13H,8,11,14H2,1-2H3. The lowest BCUT2D eigenvalue weighted by atomic mass is 10.1. The van der Waals surface area contributed by atoms with Gasteiger partial charge in [-0.15, -0.1) is 16.8 Å². The Bertz CT molecular complexity index is 515. The molecule has 0 unspecified atom stereocenters. The number of nitrogens with zero attached hydrogens (tertiary/aromatic N) is 1. The van der Waals surface area contributed by atoms with E-state index in [0.717, 1.165) is 25.1 Å². The third kappa shape index (κ3) is 4.58. The predicted octanol–water partition coefficient (Wildman–Crippen LogP) is 4.27. The molecule has 0 N–H and O–H groups in total. The molecule has 2 nitrogen and oxygen atoms in total. The zero-order valence-corrected chi connectivity index (χ0v) is 12.9. The zero-order valence-electron chi connectivity index (χ0n) is 12.1. The molecule has 0 bridgehead atoms. The van der Waals surface area contributed by atoms with Gasteiger partial charge in [-0.25, -0.2) is 0 Å². The third-order valence-corrected chi connectivity index (χ3v) is 3.88. The summed E-state index contributed by atoms with van der Waals surface area (Å²) in [7, 11) is 1.99. The van der Waals surface area contributed by atoms with Crippen LogP contribution in [0.3, 0.4) is 0 Å². The minimum atomic E-state index is 0.914. The highest BCUT2D eigenvalue weighted by Gasteiger charge is 2.05. The monoisotopic (exact) mass is 287 g/mol. The van der Waals surface area contributed by atoms with Crippen LogP contribution in [0.25, 0.3) is 0 Å². The Morgan fingerprint density at radius 2 is 1.70 bits per heavy atom. The molecule has 2 aromatic rings. The first-order valence-corrected chi connectivity index (χ1v) is 8.08. The fourth-order valence-corrected chi connectivity index (χ4v) is 2.58. The summed E-state index contributed by atoms with van der Waals surface area (Å²) < 4.78 is 0. The number of hydrogen-bond donors (Lipinski definition) is 0. The predicted molar refractivity (Wildman–Crippen MR) is 86.2 cm³/mol. The van der Waals surface area contributed by atoms with Crippen molar-refractivity contribution in [2.45, 2.75) is 17.7 Å². The Morgan fingerprint density at radius 3 is 2.45 bits per heavy atom. The molecule has 2 rings (SSSR count). The van der Waals surface area contributed by atoms with E-state index in [0.29, 0.717) is 0 Å². The lowest BCUT2D eigenvalue weighted by Crippen LogP contribution is -2.24. The molecule has 0 radical (unpaired) electrons. The molecular formula is C17H21NOS. The summed E-state index contributed by atoms with van der Waals surface area (Å²) in [4.78, 5) is 7.06. The van der Waals surface area contributed by atoms with Gasteiger partial charge in [-0.05, 0) is 36.8 Å². The summed E-state index contributed by atoms with van der Waals surface area (Å²) in [6.07, 6.45) is 4.23. The van der Waals surface area contributed by atoms with E-state index in [4.69, 9.17) is 4.84 Å². The van der Waals surface area contributed by atoms with Crippen LogP contribution < -0.4 is 4.84 Å². The van der Waals surface area contributed by atoms with E-state index < -0.39 is 0 Å². The summed E-state index contributed by atoms with van der Waals surface area (Å²) in [5.41, 5.74) is 1.38. The van der Waals surface area contributed by atoms with Crippen LogP contribution in [0.2, 0.25) is 0 Å². The van der Waals surface area contributed by atoms with E-state index in [-0.39, 0.29) is 0 Å². The number of hydrogen-bond acceptors (Lipinski definition) is 3. The molecule has 0 fully saturated rings. The second kappa shape index (κ2) is 7.98. The molecule has 3 heteroatoms. The van der Waals surface area contributed by atoms with Gasteiger partial charge in [0.05, 0.1) is 4.90 Å². The molecule has 106 valence electrons. The topological polar surface area (TPSA) is 12.5 Å². The summed E-state index contributed by atoms with van der Waals surface area (Å²) >= 11 is 1.71. The van der Waals surface area contributed by atoms with Crippen LogP contribution in [-0.2, 0) is 6.42 Å². The molecule has 0 aliphatic heterocycles. The summed E-state index contributed by atoms with van der Waals surface area (Å²) in [5.74, 6) is 0.933. The Kier molecular flexibility index (Phi) is 5.96. The maximum absolute atomic E-state index is 5.89. The van der Waals surface area contributed by atoms with Crippen molar-refractivity contribution in [2.75, 3.05) is 19.8 Å². The van der Waals surface area contributed by atoms with Crippen molar-refractivity contribution in [2.24, 2.45) is 0 Å². The first-order valence-electron chi connectivity index (χ1n) is 6.85. The van der Waals surface area contributed by atoms with Gasteiger partial charge >= 0.3 is 0 Å². The molecule has 0 heterocycles. The van der Waals surface area contributed by atoms with E-state index in [1.165, 1.54) is 10.5 Å². The van der Waals surface area contributed by atoms with Crippen molar-refractivity contribution < 1.29 is 4.84 Å². The minimum absolute atomic E-state index is 0.914. The second-order valence-electron chi connectivity index (χ2n) is 4.68. The van der Waals surface area contributed by atoms with Gasteiger partial charge in [0.2, 0.25) is 0 Å². The average molecular weight is 287 g/mol. The number of benzene rings is 2. The van der Waals surface area contributed by atoms with E-state index in [2.05, 4.69) is 42.7 Å². The minimum Gasteiger partial charge on any atom is -0.405 e. The van der Waals surface area contributed by atoms with Gasteiger partial charge in [0, 0.05) is 13.6 Å². The summed E-state index contributed by atoms with van der Waals surface area (Å²) in [5, 5.41) is 1.91. The van der Waals surface area contributed by atoms with Crippen LogP contribution in [0.1, 0.15) is 12.0 Å². The van der Waals surface area contributed by atoms with Crippen molar-refractivity contribution in [1.82, 2.24) is 5.06 Å². The maximum Gasteiger partial charge on any atom is 0.160 e. The molecule has 0 atom stereocenters. The first kappa shape index (κ1) is 14.9. The van der Waals surface area contributed by atoms with Crippen LogP contribution in [0.4, 0.5) is 0 Å². The number of para-hydroxylation sites is 1. The largest absolute Gasteiger partial charge is 0.405 e. The molecule has 2 aromatic carbocycles. The Hall–Kier alpha value is -1.45. The van der Waals surface area contributed by atoms with Crippen LogP contribution in [0.5, 0.6) is 5.75 Å². The van der Waals surface area contributed by atoms with Crippen LogP contribution in [-0.4, -0.2) is 24.9 Å². The van der Waals surface area contributed by atoms with Gasteiger partial charge in [0.1, 0.15) is 0 Å². The van der Waals surface area contributed by atoms with Gasteiger partial charge in [0.25, 0.3) is 0 Å². The fourth-order valence-electron chi connectivity index (χ4n) is 2.06. The molecule has 0 aliphatic carbocycles. The number of thioether (sulfide) groups is 1. The van der Waals surface area contributed by atoms with E-state index in [1.54, 1.807) is 11.8 Å². The highest BCUT2D eigenvalue weighted by Crippen LogP contribution is 2.27. The Balaban J connectivity index is 1.79. The highest BCUT2D eigenvalue weighted by atomic mass is 32.2.